The van der Waals surface area contributed by atoms with Gasteiger partial charge < -0.3 is 20.1 Å². The van der Waals surface area contributed by atoms with Gasteiger partial charge in [0.1, 0.15) is 0 Å². The van der Waals surface area contributed by atoms with E-state index < -0.39 is 23.6 Å². The summed E-state index contributed by atoms with van der Waals surface area (Å²) in [6, 6.07) is 12.7. The van der Waals surface area contributed by atoms with Crippen molar-refractivity contribution in [2.45, 2.75) is 69.2 Å². The molecule has 10 heteroatoms. The second-order valence-electron chi connectivity index (χ2n) is 10.6. The molecule has 2 heterocycles. The van der Waals surface area contributed by atoms with Crippen molar-refractivity contribution < 1.29 is 32.2 Å². The van der Waals surface area contributed by atoms with Crippen LogP contribution < -0.4 is 10.6 Å². The minimum Gasteiger partial charge on any atom is -0.375 e. The molecule has 1 saturated carbocycles. The van der Waals surface area contributed by atoms with Crippen LogP contribution in [0.15, 0.2) is 48.5 Å². The number of carbonyl (C=O) groups is 2. The second kappa shape index (κ2) is 11.3. The SMILES string of the molecule is CCOC1CN(C2CCC3(CC2)OCc2ccccc23)C[C@@H]1NC(=O)CNC(=O)c1cccc(C(F)(F)F)c1. The molecule has 2 aliphatic heterocycles. The average molecular weight is 546 g/mol. The third kappa shape index (κ3) is 5.97. The van der Waals surface area contributed by atoms with E-state index in [0.717, 1.165) is 37.8 Å². The van der Waals surface area contributed by atoms with Crippen LogP contribution in [0.3, 0.4) is 0 Å². The van der Waals surface area contributed by atoms with Gasteiger partial charge in [0.2, 0.25) is 5.91 Å². The number of hydrogen-bond acceptors (Lipinski definition) is 5. The predicted molar refractivity (Wildman–Crippen MR) is 138 cm³/mol. The number of ether oxygens (including phenoxy) is 2. The molecule has 0 aromatic heterocycles. The summed E-state index contributed by atoms with van der Waals surface area (Å²) in [6.45, 7) is 4.08. The molecule has 0 radical (unpaired) electrons. The number of nitrogens with one attached hydrogen (secondary N) is 2. The van der Waals surface area contributed by atoms with Gasteiger partial charge >= 0.3 is 6.18 Å². The molecule has 2 amide bonds. The third-order valence-electron chi connectivity index (χ3n) is 8.17. The van der Waals surface area contributed by atoms with Crippen LogP contribution in [0.25, 0.3) is 0 Å². The van der Waals surface area contributed by atoms with E-state index in [9.17, 15) is 22.8 Å². The average Bonchev–Trinajstić information content (AvgIpc) is 3.49. The minimum atomic E-state index is -4.55. The fourth-order valence-electron chi connectivity index (χ4n) is 6.21. The molecular formula is C29H34F3N3O4. The fraction of sp³-hybridized carbons (Fsp3) is 0.517. The number of fused-ring (bicyclic) bond motifs is 2. The van der Waals surface area contributed by atoms with Crippen LogP contribution >= 0.6 is 0 Å². The van der Waals surface area contributed by atoms with Gasteiger partial charge in [-0.05, 0) is 61.9 Å². The molecule has 2 aromatic carbocycles. The molecule has 1 unspecified atom stereocenters. The van der Waals surface area contributed by atoms with Gasteiger partial charge in [0.15, 0.2) is 0 Å². The number of amides is 2. The molecule has 5 rings (SSSR count). The van der Waals surface area contributed by atoms with Gasteiger partial charge in [0.05, 0.1) is 36.5 Å². The minimum absolute atomic E-state index is 0.152. The lowest BCUT2D eigenvalue weighted by Crippen LogP contribution is -2.48. The van der Waals surface area contributed by atoms with Crippen LogP contribution in [0.1, 0.15) is 59.7 Å². The molecular weight excluding hydrogens is 511 g/mol. The van der Waals surface area contributed by atoms with Crippen LogP contribution in [0.2, 0.25) is 0 Å². The summed E-state index contributed by atoms with van der Waals surface area (Å²) in [7, 11) is 0. The molecule has 1 spiro atoms. The maximum atomic E-state index is 13.0. The first-order valence-electron chi connectivity index (χ1n) is 13.5. The first kappa shape index (κ1) is 27.6. The molecule has 3 aliphatic rings. The van der Waals surface area contributed by atoms with Crippen molar-refractivity contribution >= 4 is 11.8 Å². The van der Waals surface area contributed by atoms with E-state index in [0.29, 0.717) is 32.3 Å². The van der Waals surface area contributed by atoms with Gasteiger partial charge in [-0.2, -0.15) is 13.2 Å². The van der Waals surface area contributed by atoms with E-state index in [1.807, 2.05) is 6.92 Å². The van der Waals surface area contributed by atoms with Crippen LogP contribution in [-0.2, 0) is 32.7 Å². The van der Waals surface area contributed by atoms with Gasteiger partial charge in [0.25, 0.3) is 5.91 Å². The molecule has 1 aliphatic carbocycles. The first-order valence-corrected chi connectivity index (χ1v) is 13.5. The highest BCUT2D eigenvalue weighted by molar-refractivity contribution is 5.96. The van der Waals surface area contributed by atoms with Gasteiger partial charge in [-0.15, -0.1) is 0 Å². The van der Waals surface area contributed by atoms with Gasteiger partial charge in [-0.25, -0.2) is 0 Å². The maximum Gasteiger partial charge on any atom is 0.416 e. The van der Waals surface area contributed by atoms with E-state index in [-0.39, 0.29) is 29.9 Å². The zero-order chi connectivity index (χ0) is 27.6. The van der Waals surface area contributed by atoms with Crippen molar-refractivity contribution in [3.8, 4) is 0 Å². The van der Waals surface area contributed by atoms with Crippen molar-refractivity contribution in [1.82, 2.24) is 15.5 Å². The lowest BCUT2D eigenvalue weighted by Gasteiger charge is -2.40. The molecule has 2 N–H and O–H groups in total. The van der Waals surface area contributed by atoms with E-state index >= 15 is 0 Å². The highest BCUT2D eigenvalue weighted by Gasteiger charge is 2.46. The normalized spacial score (nSPS) is 26.9. The number of hydrogen-bond donors (Lipinski definition) is 2. The lowest BCUT2D eigenvalue weighted by atomic mass is 9.77. The largest absolute Gasteiger partial charge is 0.416 e. The van der Waals surface area contributed by atoms with E-state index in [1.54, 1.807) is 0 Å². The summed E-state index contributed by atoms with van der Waals surface area (Å²) in [6.07, 6.45) is -0.866. The zero-order valence-electron chi connectivity index (χ0n) is 21.9. The Morgan fingerprint density at radius 2 is 1.87 bits per heavy atom. The Labute approximate surface area is 226 Å². The molecule has 2 fully saturated rings. The van der Waals surface area contributed by atoms with Crippen LogP contribution in [0.4, 0.5) is 13.2 Å². The van der Waals surface area contributed by atoms with Crippen molar-refractivity contribution in [2.75, 3.05) is 26.2 Å². The molecule has 2 atom stereocenters. The number of nitrogens with zero attached hydrogens (tertiary/aromatic N) is 1. The Morgan fingerprint density at radius 1 is 1.10 bits per heavy atom. The maximum absolute atomic E-state index is 13.0. The Morgan fingerprint density at radius 3 is 2.62 bits per heavy atom. The Hall–Kier alpha value is -2.95. The monoisotopic (exact) mass is 545 g/mol. The Kier molecular flexibility index (Phi) is 7.98. The third-order valence-corrected chi connectivity index (χ3v) is 8.17. The van der Waals surface area contributed by atoms with Crippen molar-refractivity contribution in [1.29, 1.82) is 0 Å². The smallest absolute Gasteiger partial charge is 0.375 e. The number of halogens is 3. The van der Waals surface area contributed by atoms with Gasteiger partial charge in [-0.1, -0.05) is 30.3 Å². The van der Waals surface area contributed by atoms with Gasteiger partial charge in [-0.3, -0.25) is 14.5 Å². The number of alkyl halides is 3. The summed E-state index contributed by atoms with van der Waals surface area (Å²) in [5, 5.41) is 5.38. The first-order chi connectivity index (χ1) is 18.7. The number of rotatable bonds is 7. The predicted octanol–water partition coefficient (Wildman–Crippen LogP) is 4.01. The van der Waals surface area contributed by atoms with E-state index in [4.69, 9.17) is 9.47 Å². The highest BCUT2D eigenvalue weighted by atomic mass is 19.4. The second-order valence-corrected chi connectivity index (χ2v) is 10.6. The molecule has 7 nitrogen and oxygen atoms in total. The molecule has 2 aromatic rings. The zero-order valence-corrected chi connectivity index (χ0v) is 21.9. The number of benzene rings is 2. The van der Waals surface area contributed by atoms with Crippen LogP contribution in [0.5, 0.6) is 0 Å². The summed E-state index contributed by atoms with van der Waals surface area (Å²) in [5.74, 6) is -1.15. The van der Waals surface area contributed by atoms with E-state index in [1.165, 1.54) is 23.3 Å². The number of carbonyl (C=O) groups excluding carboxylic acids is 2. The summed E-state index contributed by atoms with van der Waals surface area (Å²) in [4.78, 5) is 27.4. The summed E-state index contributed by atoms with van der Waals surface area (Å²) >= 11 is 0. The fourth-order valence-corrected chi connectivity index (χ4v) is 6.21. The highest BCUT2D eigenvalue weighted by Crippen LogP contribution is 2.47. The standard InChI is InChI=1S/C29H34F3N3O4/c1-2-38-25-17-35(22-10-12-28(13-11-22)23-9-4-3-6-20(23)18-39-28)16-24(25)34-26(36)15-33-27(37)19-7-5-8-21(14-19)29(30,31)32/h3-9,14,22,24-25H,2,10-13,15-18H2,1H3,(H,33,37)(H,34,36)/t22?,24-,25?,28?/m0/s1. The number of likely N-dealkylation sites (tertiary alicyclic amines) is 1. The molecule has 210 valence electrons. The molecule has 0 bridgehead atoms. The lowest BCUT2D eigenvalue weighted by molar-refractivity contribution is -0.137. The Bertz CT molecular complexity index is 1200. The molecule has 39 heavy (non-hydrogen) atoms. The van der Waals surface area contributed by atoms with Crippen molar-refractivity contribution in [2.24, 2.45) is 0 Å². The summed E-state index contributed by atoms with van der Waals surface area (Å²) in [5.41, 5.74) is 1.33. The van der Waals surface area contributed by atoms with Crippen molar-refractivity contribution in [3.63, 3.8) is 0 Å². The molecule has 1 saturated heterocycles. The van der Waals surface area contributed by atoms with Crippen LogP contribution in [0, 0.1) is 0 Å². The van der Waals surface area contributed by atoms with Crippen LogP contribution in [-0.4, -0.2) is 61.1 Å². The van der Waals surface area contributed by atoms with Crippen molar-refractivity contribution in [3.05, 3.63) is 70.8 Å². The van der Waals surface area contributed by atoms with E-state index in [2.05, 4.69) is 39.8 Å². The quantitative estimate of drug-likeness (QED) is 0.550. The van der Waals surface area contributed by atoms with Gasteiger partial charge in [0, 0.05) is 31.3 Å². The Balaban J connectivity index is 1.14. The topological polar surface area (TPSA) is 79.9 Å². The summed E-state index contributed by atoms with van der Waals surface area (Å²) < 4.78 is 51.1.